The molecule has 0 spiro atoms. The molecule has 0 saturated carbocycles. The molecule has 0 aromatic heterocycles. The summed E-state index contributed by atoms with van der Waals surface area (Å²) in [6.45, 7) is 3.67. The van der Waals surface area contributed by atoms with Crippen LogP contribution in [0.2, 0.25) is 5.02 Å². The van der Waals surface area contributed by atoms with Crippen LogP contribution in [-0.2, 0) is 9.53 Å². The van der Waals surface area contributed by atoms with Gasteiger partial charge in [-0.15, -0.1) is 0 Å². The van der Waals surface area contributed by atoms with Gasteiger partial charge >= 0.3 is 5.97 Å². The minimum absolute atomic E-state index is 0.115. The topological polar surface area (TPSA) is 50.7 Å². The third-order valence-electron chi connectivity index (χ3n) is 3.20. The minimum atomic E-state index is -0.230. The van der Waals surface area contributed by atoms with Crippen molar-refractivity contribution >= 4 is 29.0 Å². The van der Waals surface area contributed by atoms with Crippen molar-refractivity contribution in [3.63, 3.8) is 0 Å². The van der Waals surface area contributed by atoms with E-state index in [4.69, 9.17) is 16.3 Å². The lowest BCUT2D eigenvalue weighted by atomic mass is 10.1. The second kappa shape index (κ2) is 9.08. The predicted octanol–water partition coefficient (Wildman–Crippen LogP) is 4.89. The van der Waals surface area contributed by atoms with E-state index in [2.05, 4.69) is 10.5 Å². The summed E-state index contributed by atoms with van der Waals surface area (Å²) in [6.07, 6.45) is 0.638. The van der Waals surface area contributed by atoms with Crippen molar-refractivity contribution in [2.24, 2.45) is 5.10 Å². The number of nitrogens with one attached hydrogen (secondary N) is 1. The van der Waals surface area contributed by atoms with Crippen LogP contribution in [0.4, 0.5) is 5.69 Å². The number of benzene rings is 2. The third-order valence-corrected chi connectivity index (χ3v) is 3.46. The van der Waals surface area contributed by atoms with Gasteiger partial charge < -0.3 is 4.74 Å². The third kappa shape index (κ3) is 6.05. The molecule has 24 heavy (non-hydrogen) atoms. The Balaban J connectivity index is 2.11. The molecule has 126 valence electrons. The highest BCUT2D eigenvalue weighted by Gasteiger charge is 2.10. The van der Waals surface area contributed by atoms with Crippen molar-refractivity contribution in [3.8, 4) is 0 Å². The largest absolute Gasteiger partial charge is 0.463 e. The van der Waals surface area contributed by atoms with E-state index in [1.54, 1.807) is 12.1 Å². The maximum Gasteiger partial charge on any atom is 0.306 e. The van der Waals surface area contributed by atoms with Crippen LogP contribution < -0.4 is 5.43 Å². The van der Waals surface area contributed by atoms with Gasteiger partial charge in [0.2, 0.25) is 0 Å². The molecule has 0 atom stereocenters. The van der Waals surface area contributed by atoms with Gasteiger partial charge in [-0.05, 0) is 43.7 Å². The first-order valence-electron chi connectivity index (χ1n) is 7.87. The Bertz CT molecular complexity index is 682. The molecule has 0 unspecified atom stereocenters. The molecule has 0 heterocycles. The molecule has 0 aliphatic rings. The molecule has 0 saturated heterocycles. The monoisotopic (exact) mass is 344 g/mol. The molecule has 4 nitrogen and oxygen atoms in total. The van der Waals surface area contributed by atoms with Gasteiger partial charge in [0, 0.05) is 11.4 Å². The Hall–Kier alpha value is -2.33. The summed E-state index contributed by atoms with van der Waals surface area (Å²) in [5.41, 5.74) is 5.60. The zero-order chi connectivity index (χ0) is 17.4. The van der Waals surface area contributed by atoms with Crippen molar-refractivity contribution in [2.45, 2.75) is 32.8 Å². The second-order valence-corrected chi connectivity index (χ2v) is 6.02. The summed E-state index contributed by atoms with van der Waals surface area (Å²) in [5.74, 6) is -0.230. The van der Waals surface area contributed by atoms with Gasteiger partial charge in [-0.2, -0.15) is 5.10 Å². The number of ether oxygens (including phenoxy) is 1. The van der Waals surface area contributed by atoms with E-state index in [1.807, 2.05) is 56.3 Å². The molecule has 2 aromatic carbocycles. The first kappa shape index (κ1) is 18.0. The molecular formula is C19H21ClN2O2. The Morgan fingerprint density at radius 2 is 1.75 bits per heavy atom. The molecule has 0 bridgehead atoms. The standard InChI is InChI=1S/C19H21ClN2O2/c1-14(2)24-19(23)13-12-18(15-8-10-16(20)11-9-15)22-21-17-6-4-3-5-7-17/h3-11,14,21H,12-13H2,1-2H3/b22-18+. The van der Waals surface area contributed by atoms with Crippen LogP contribution in [-0.4, -0.2) is 17.8 Å². The van der Waals surface area contributed by atoms with Gasteiger partial charge in [0.05, 0.1) is 23.9 Å². The van der Waals surface area contributed by atoms with Crippen molar-refractivity contribution in [1.82, 2.24) is 0 Å². The summed E-state index contributed by atoms with van der Waals surface area (Å²) in [6, 6.07) is 17.1. The number of hydrogen-bond acceptors (Lipinski definition) is 4. The van der Waals surface area contributed by atoms with Crippen LogP contribution in [0, 0.1) is 0 Å². The molecule has 5 heteroatoms. The lowest BCUT2D eigenvalue weighted by Crippen LogP contribution is -2.14. The molecule has 1 N–H and O–H groups in total. The van der Waals surface area contributed by atoms with Gasteiger partial charge in [0.1, 0.15) is 0 Å². The molecule has 2 aromatic rings. The summed E-state index contributed by atoms with van der Waals surface area (Å²) in [7, 11) is 0. The number of anilines is 1. The first-order valence-corrected chi connectivity index (χ1v) is 8.25. The normalized spacial score (nSPS) is 11.4. The van der Waals surface area contributed by atoms with Crippen molar-refractivity contribution < 1.29 is 9.53 Å². The number of hydrazone groups is 1. The zero-order valence-corrected chi connectivity index (χ0v) is 14.6. The number of rotatable bonds is 7. The van der Waals surface area contributed by atoms with Crippen LogP contribution in [0.25, 0.3) is 0 Å². The second-order valence-electron chi connectivity index (χ2n) is 5.58. The summed E-state index contributed by atoms with van der Waals surface area (Å²) >= 11 is 5.94. The number of para-hydroxylation sites is 1. The molecule has 0 radical (unpaired) electrons. The molecule has 0 amide bonds. The Morgan fingerprint density at radius 1 is 1.08 bits per heavy atom. The average molecular weight is 345 g/mol. The quantitative estimate of drug-likeness (QED) is 0.442. The van der Waals surface area contributed by atoms with Crippen molar-refractivity contribution in [2.75, 3.05) is 5.43 Å². The maximum atomic E-state index is 11.8. The highest BCUT2D eigenvalue weighted by molar-refractivity contribution is 6.30. The van der Waals surface area contributed by atoms with Gasteiger partial charge in [-0.3, -0.25) is 10.2 Å². The Labute approximate surface area is 147 Å². The van der Waals surface area contributed by atoms with Crippen LogP contribution in [0.15, 0.2) is 59.7 Å². The fourth-order valence-corrected chi connectivity index (χ4v) is 2.22. The van der Waals surface area contributed by atoms with E-state index in [-0.39, 0.29) is 18.5 Å². The van der Waals surface area contributed by atoms with Crippen molar-refractivity contribution in [3.05, 3.63) is 65.2 Å². The highest BCUT2D eigenvalue weighted by Crippen LogP contribution is 2.14. The zero-order valence-electron chi connectivity index (χ0n) is 13.8. The number of halogens is 1. The lowest BCUT2D eigenvalue weighted by Gasteiger charge is -2.10. The summed E-state index contributed by atoms with van der Waals surface area (Å²) < 4.78 is 5.18. The molecule has 0 aliphatic carbocycles. The van der Waals surface area contributed by atoms with Crippen molar-refractivity contribution in [1.29, 1.82) is 0 Å². The molecular weight excluding hydrogens is 324 g/mol. The van der Waals surface area contributed by atoms with E-state index in [9.17, 15) is 4.79 Å². The Morgan fingerprint density at radius 3 is 2.38 bits per heavy atom. The number of nitrogens with zero attached hydrogens (tertiary/aromatic N) is 1. The number of carbonyl (C=O) groups is 1. The molecule has 0 aliphatic heterocycles. The average Bonchev–Trinajstić information content (AvgIpc) is 2.56. The van der Waals surface area contributed by atoms with E-state index in [0.717, 1.165) is 17.0 Å². The fourth-order valence-electron chi connectivity index (χ4n) is 2.09. The van der Waals surface area contributed by atoms with Gasteiger partial charge in [-0.1, -0.05) is 41.9 Å². The van der Waals surface area contributed by atoms with Gasteiger partial charge in [-0.25, -0.2) is 0 Å². The van der Waals surface area contributed by atoms with E-state index < -0.39 is 0 Å². The first-order chi connectivity index (χ1) is 11.5. The lowest BCUT2D eigenvalue weighted by molar-refractivity contribution is -0.147. The summed E-state index contributed by atoms with van der Waals surface area (Å²) in [5, 5.41) is 5.12. The highest BCUT2D eigenvalue weighted by atomic mass is 35.5. The number of esters is 1. The van der Waals surface area contributed by atoms with E-state index in [0.29, 0.717) is 11.4 Å². The van der Waals surface area contributed by atoms with Gasteiger partial charge in [0.25, 0.3) is 0 Å². The number of carbonyl (C=O) groups excluding carboxylic acids is 1. The van der Waals surface area contributed by atoms with Crippen LogP contribution in [0.5, 0.6) is 0 Å². The minimum Gasteiger partial charge on any atom is -0.463 e. The van der Waals surface area contributed by atoms with E-state index >= 15 is 0 Å². The van der Waals surface area contributed by atoms with Crippen LogP contribution >= 0.6 is 11.6 Å². The fraction of sp³-hybridized carbons (Fsp3) is 0.263. The van der Waals surface area contributed by atoms with Crippen LogP contribution in [0.1, 0.15) is 32.3 Å². The number of hydrogen-bond donors (Lipinski definition) is 1. The predicted molar refractivity (Wildman–Crippen MR) is 98.5 cm³/mol. The molecule has 2 rings (SSSR count). The van der Waals surface area contributed by atoms with Gasteiger partial charge in [0.15, 0.2) is 0 Å². The SMILES string of the molecule is CC(C)OC(=O)CC/C(=N\Nc1ccccc1)c1ccc(Cl)cc1. The summed E-state index contributed by atoms with van der Waals surface area (Å²) in [4.78, 5) is 11.8. The molecule has 0 fully saturated rings. The smallest absolute Gasteiger partial charge is 0.306 e. The Kier molecular flexibility index (Phi) is 6.82. The maximum absolute atomic E-state index is 11.8. The van der Waals surface area contributed by atoms with Crippen LogP contribution in [0.3, 0.4) is 0 Å². The van der Waals surface area contributed by atoms with E-state index in [1.165, 1.54) is 0 Å².